The molecule has 5 heteroatoms. The quantitative estimate of drug-likeness (QED) is 0.663. The topological polar surface area (TPSA) is 58.9 Å². The Morgan fingerprint density at radius 2 is 2.06 bits per heavy atom. The van der Waals surface area contributed by atoms with Crippen LogP contribution in [0.25, 0.3) is 10.9 Å². The number of nitrogens with zero attached hydrogens (tertiary/aromatic N) is 1. The summed E-state index contributed by atoms with van der Waals surface area (Å²) in [4.78, 5) is 13.1. The SMILES string of the molecule is CCC(C)(C)c1cc2cc([N+](=O)[O-])c(F)cc2[nH]1. The molecule has 1 aromatic carbocycles. The lowest BCUT2D eigenvalue weighted by Crippen LogP contribution is -2.15. The van der Waals surface area contributed by atoms with Crippen molar-refractivity contribution in [3.05, 3.63) is 39.8 Å². The van der Waals surface area contributed by atoms with E-state index >= 15 is 0 Å². The van der Waals surface area contributed by atoms with Gasteiger partial charge in [-0.1, -0.05) is 20.8 Å². The molecular weight excluding hydrogens is 235 g/mol. The number of hydrogen-bond acceptors (Lipinski definition) is 2. The average Bonchev–Trinajstić information content (AvgIpc) is 2.71. The number of halogens is 1. The smallest absolute Gasteiger partial charge is 0.305 e. The second-order valence-electron chi connectivity index (χ2n) is 5.07. The van der Waals surface area contributed by atoms with Gasteiger partial charge < -0.3 is 4.98 Å². The number of nitrogens with one attached hydrogen (secondary N) is 1. The molecule has 2 rings (SSSR count). The summed E-state index contributed by atoms with van der Waals surface area (Å²) < 4.78 is 13.5. The third-order valence-electron chi connectivity index (χ3n) is 3.50. The number of rotatable bonds is 3. The third kappa shape index (κ3) is 1.96. The van der Waals surface area contributed by atoms with Crippen LogP contribution in [-0.2, 0) is 5.41 Å². The van der Waals surface area contributed by atoms with Gasteiger partial charge >= 0.3 is 5.69 Å². The van der Waals surface area contributed by atoms with E-state index in [1.165, 1.54) is 12.1 Å². The molecule has 0 aliphatic heterocycles. The van der Waals surface area contributed by atoms with E-state index in [1.54, 1.807) is 0 Å². The monoisotopic (exact) mass is 250 g/mol. The zero-order valence-electron chi connectivity index (χ0n) is 10.6. The van der Waals surface area contributed by atoms with Crippen LogP contribution in [0.2, 0.25) is 0 Å². The summed E-state index contributed by atoms with van der Waals surface area (Å²) in [6.45, 7) is 6.21. The Morgan fingerprint density at radius 1 is 1.39 bits per heavy atom. The molecule has 96 valence electrons. The van der Waals surface area contributed by atoms with Gasteiger partial charge in [-0.25, -0.2) is 0 Å². The minimum absolute atomic E-state index is 0.0652. The van der Waals surface area contributed by atoms with E-state index in [4.69, 9.17) is 0 Å². The van der Waals surface area contributed by atoms with E-state index < -0.39 is 16.4 Å². The first-order chi connectivity index (χ1) is 8.35. The second-order valence-corrected chi connectivity index (χ2v) is 5.07. The van der Waals surface area contributed by atoms with Crippen molar-refractivity contribution in [2.45, 2.75) is 32.6 Å². The maximum atomic E-state index is 13.5. The predicted octanol–water partition coefficient (Wildman–Crippen LogP) is 3.90. The van der Waals surface area contributed by atoms with Crippen LogP contribution in [0.1, 0.15) is 32.9 Å². The van der Waals surface area contributed by atoms with Crippen LogP contribution in [0.5, 0.6) is 0 Å². The van der Waals surface area contributed by atoms with Gasteiger partial charge in [-0.2, -0.15) is 4.39 Å². The Labute approximate surface area is 104 Å². The Morgan fingerprint density at radius 3 is 2.61 bits per heavy atom. The number of nitro groups is 1. The van der Waals surface area contributed by atoms with Crippen LogP contribution in [0.15, 0.2) is 18.2 Å². The fourth-order valence-electron chi connectivity index (χ4n) is 1.84. The molecule has 18 heavy (non-hydrogen) atoms. The van der Waals surface area contributed by atoms with Crippen molar-refractivity contribution in [1.29, 1.82) is 0 Å². The van der Waals surface area contributed by atoms with Crippen LogP contribution in [0.4, 0.5) is 10.1 Å². The van der Waals surface area contributed by atoms with Crippen LogP contribution in [-0.4, -0.2) is 9.91 Å². The molecule has 0 bridgehead atoms. The van der Waals surface area contributed by atoms with Gasteiger partial charge in [-0.15, -0.1) is 0 Å². The zero-order chi connectivity index (χ0) is 13.5. The number of benzene rings is 1. The van der Waals surface area contributed by atoms with Crippen molar-refractivity contribution < 1.29 is 9.31 Å². The Hall–Kier alpha value is -1.91. The first-order valence-corrected chi connectivity index (χ1v) is 5.82. The normalized spacial score (nSPS) is 12.0. The highest BCUT2D eigenvalue weighted by molar-refractivity contribution is 5.83. The van der Waals surface area contributed by atoms with E-state index in [9.17, 15) is 14.5 Å². The van der Waals surface area contributed by atoms with Crippen molar-refractivity contribution in [2.75, 3.05) is 0 Å². The van der Waals surface area contributed by atoms with Crippen LogP contribution in [0, 0.1) is 15.9 Å². The zero-order valence-corrected chi connectivity index (χ0v) is 10.6. The van der Waals surface area contributed by atoms with Gasteiger partial charge in [0.05, 0.1) is 4.92 Å². The lowest BCUT2D eigenvalue weighted by molar-refractivity contribution is -0.387. The number of nitro benzene ring substituents is 1. The Bertz CT molecular complexity index is 617. The van der Waals surface area contributed by atoms with Gasteiger partial charge in [0.1, 0.15) is 0 Å². The fraction of sp³-hybridized carbons (Fsp3) is 0.385. The highest BCUT2D eigenvalue weighted by atomic mass is 19.1. The van der Waals surface area contributed by atoms with Crippen molar-refractivity contribution in [3.8, 4) is 0 Å². The fourth-order valence-corrected chi connectivity index (χ4v) is 1.84. The summed E-state index contributed by atoms with van der Waals surface area (Å²) in [6.07, 6.45) is 0.921. The number of aromatic nitrogens is 1. The standard InChI is InChI=1S/C13H15FN2O2/c1-4-13(2,3)12-6-8-5-11(16(17)18)9(14)7-10(8)15-12/h5-7,15H,4H2,1-3H3. The highest BCUT2D eigenvalue weighted by Gasteiger charge is 2.22. The van der Waals surface area contributed by atoms with E-state index in [-0.39, 0.29) is 5.41 Å². The summed E-state index contributed by atoms with van der Waals surface area (Å²) in [5, 5.41) is 11.3. The van der Waals surface area contributed by atoms with Crippen molar-refractivity contribution in [1.82, 2.24) is 4.98 Å². The average molecular weight is 250 g/mol. The van der Waals surface area contributed by atoms with E-state index in [2.05, 4.69) is 25.8 Å². The molecule has 0 aliphatic carbocycles. The molecular formula is C13H15FN2O2. The molecule has 0 saturated carbocycles. The molecule has 0 aliphatic rings. The van der Waals surface area contributed by atoms with Crippen molar-refractivity contribution >= 4 is 16.6 Å². The highest BCUT2D eigenvalue weighted by Crippen LogP contribution is 2.31. The second kappa shape index (κ2) is 4.08. The van der Waals surface area contributed by atoms with Gasteiger partial charge in [0.15, 0.2) is 0 Å². The Kier molecular flexibility index (Phi) is 2.84. The number of aromatic amines is 1. The maximum Gasteiger partial charge on any atom is 0.305 e. The molecule has 0 fully saturated rings. The van der Waals surface area contributed by atoms with E-state index in [0.717, 1.165) is 12.1 Å². The molecule has 2 aromatic rings. The number of H-pyrrole nitrogens is 1. The maximum absolute atomic E-state index is 13.5. The molecule has 0 saturated heterocycles. The van der Waals surface area contributed by atoms with E-state index in [0.29, 0.717) is 10.9 Å². The molecule has 4 nitrogen and oxygen atoms in total. The van der Waals surface area contributed by atoms with Gasteiger partial charge in [-0.05, 0) is 12.5 Å². The lowest BCUT2D eigenvalue weighted by Gasteiger charge is -2.20. The molecule has 0 unspecified atom stereocenters. The predicted molar refractivity (Wildman–Crippen MR) is 68.2 cm³/mol. The minimum Gasteiger partial charge on any atom is -0.358 e. The third-order valence-corrected chi connectivity index (χ3v) is 3.50. The van der Waals surface area contributed by atoms with Crippen molar-refractivity contribution in [3.63, 3.8) is 0 Å². The molecule has 0 atom stereocenters. The number of hydrogen-bond donors (Lipinski definition) is 1. The summed E-state index contributed by atoms with van der Waals surface area (Å²) in [5.41, 5.74) is 1.00. The minimum atomic E-state index is -0.810. The number of fused-ring (bicyclic) bond motifs is 1. The van der Waals surface area contributed by atoms with Gasteiger partial charge in [-0.3, -0.25) is 10.1 Å². The van der Waals surface area contributed by atoms with Gasteiger partial charge in [0.2, 0.25) is 5.82 Å². The lowest BCUT2D eigenvalue weighted by atomic mass is 9.86. The van der Waals surface area contributed by atoms with Crippen LogP contribution in [0.3, 0.4) is 0 Å². The van der Waals surface area contributed by atoms with Crippen LogP contribution >= 0.6 is 0 Å². The van der Waals surface area contributed by atoms with Crippen molar-refractivity contribution in [2.24, 2.45) is 0 Å². The van der Waals surface area contributed by atoms with Gasteiger partial charge in [0.25, 0.3) is 0 Å². The van der Waals surface area contributed by atoms with Crippen LogP contribution < -0.4 is 0 Å². The molecule has 1 N–H and O–H groups in total. The molecule has 0 amide bonds. The van der Waals surface area contributed by atoms with Gasteiger partial charge in [0, 0.05) is 34.1 Å². The Balaban J connectivity index is 2.62. The summed E-state index contributed by atoms with van der Waals surface area (Å²) >= 11 is 0. The molecule has 0 radical (unpaired) electrons. The first-order valence-electron chi connectivity index (χ1n) is 5.82. The summed E-state index contributed by atoms with van der Waals surface area (Å²) in [5.74, 6) is -0.810. The summed E-state index contributed by atoms with van der Waals surface area (Å²) in [6, 6.07) is 4.31. The molecule has 1 aromatic heterocycles. The van der Waals surface area contributed by atoms with E-state index in [1.807, 2.05) is 6.07 Å². The first kappa shape index (κ1) is 12.5. The molecule has 0 spiro atoms. The summed E-state index contributed by atoms with van der Waals surface area (Å²) in [7, 11) is 0. The largest absolute Gasteiger partial charge is 0.358 e. The molecule has 1 heterocycles.